The van der Waals surface area contributed by atoms with Gasteiger partial charge in [-0.05, 0) is 74.0 Å². The van der Waals surface area contributed by atoms with Crippen LogP contribution in [0.1, 0.15) is 50.5 Å². The molecule has 3 amide bonds. The van der Waals surface area contributed by atoms with Gasteiger partial charge in [0.1, 0.15) is 0 Å². The Morgan fingerprint density at radius 2 is 1.57 bits per heavy atom. The molecule has 4 aliphatic carbocycles. The van der Waals surface area contributed by atoms with Crippen LogP contribution in [0.2, 0.25) is 0 Å². The second-order valence-electron chi connectivity index (χ2n) is 9.29. The third-order valence-electron chi connectivity index (χ3n) is 7.03. The van der Waals surface area contributed by atoms with E-state index in [0.717, 1.165) is 42.6 Å². The van der Waals surface area contributed by atoms with Crippen LogP contribution < -0.4 is 16.0 Å². The largest absolute Gasteiger partial charge is 0.453 e. The first-order chi connectivity index (χ1) is 14.5. The molecule has 4 fully saturated rings. The zero-order valence-electron chi connectivity index (χ0n) is 17.5. The first-order valence-electron chi connectivity index (χ1n) is 10.9. The van der Waals surface area contributed by atoms with Gasteiger partial charge in [0.25, 0.3) is 0 Å². The van der Waals surface area contributed by atoms with Crippen LogP contribution in [-0.2, 0) is 20.9 Å². The van der Waals surface area contributed by atoms with E-state index in [4.69, 9.17) is 0 Å². The highest BCUT2D eigenvalue weighted by molar-refractivity contribution is 5.85. The van der Waals surface area contributed by atoms with Crippen LogP contribution in [0, 0.1) is 23.2 Å². The maximum Gasteiger partial charge on any atom is 0.411 e. The monoisotopic (exact) mass is 413 g/mol. The highest BCUT2D eigenvalue weighted by Crippen LogP contribution is 2.60. The van der Waals surface area contributed by atoms with Crippen molar-refractivity contribution in [3.8, 4) is 0 Å². The lowest BCUT2D eigenvalue weighted by atomic mass is 9.49. The molecule has 30 heavy (non-hydrogen) atoms. The summed E-state index contributed by atoms with van der Waals surface area (Å²) >= 11 is 0. The number of rotatable bonds is 7. The normalized spacial score (nSPS) is 28.6. The smallest absolute Gasteiger partial charge is 0.411 e. The minimum atomic E-state index is -0.522. The molecule has 1 aromatic carbocycles. The maximum absolute atomic E-state index is 12.9. The topological polar surface area (TPSA) is 96.5 Å². The molecule has 0 heterocycles. The molecule has 0 aliphatic heterocycles. The van der Waals surface area contributed by atoms with E-state index in [-0.39, 0.29) is 23.7 Å². The van der Waals surface area contributed by atoms with Crippen LogP contribution in [0.3, 0.4) is 0 Å². The van der Waals surface area contributed by atoms with Crippen LogP contribution in [-0.4, -0.2) is 31.6 Å². The Bertz CT molecular complexity index is 770. The van der Waals surface area contributed by atoms with Crippen molar-refractivity contribution in [3.63, 3.8) is 0 Å². The predicted molar refractivity (Wildman–Crippen MR) is 113 cm³/mol. The summed E-state index contributed by atoms with van der Waals surface area (Å²) in [7, 11) is 1.31. The quantitative estimate of drug-likeness (QED) is 0.639. The molecule has 0 unspecified atom stereocenters. The molecule has 1 aromatic rings. The van der Waals surface area contributed by atoms with E-state index in [1.54, 1.807) is 12.1 Å². The molecular weight excluding hydrogens is 382 g/mol. The maximum atomic E-state index is 12.9. The summed E-state index contributed by atoms with van der Waals surface area (Å²) < 4.78 is 4.55. The summed E-state index contributed by atoms with van der Waals surface area (Å²) in [5.74, 6) is 2.29. The third-order valence-corrected chi connectivity index (χ3v) is 7.03. The van der Waals surface area contributed by atoms with Crippen LogP contribution in [0.4, 0.5) is 10.5 Å². The molecule has 5 rings (SSSR count). The third kappa shape index (κ3) is 4.60. The van der Waals surface area contributed by atoms with Gasteiger partial charge in [0.2, 0.25) is 11.8 Å². The van der Waals surface area contributed by atoms with Gasteiger partial charge in [0, 0.05) is 30.6 Å². The number of nitrogens with one attached hydrogen (secondary N) is 3. The van der Waals surface area contributed by atoms with Gasteiger partial charge < -0.3 is 15.4 Å². The number of amides is 3. The number of hydrogen-bond acceptors (Lipinski definition) is 4. The van der Waals surface area contributed by atoms with Crippen molar-refractivity contribution in [2.75, 3.05) is 19.0 Å². The summed E-state index contributed by atoms with van der Waals surface area (Å²) in [5.41, 5.74) is 1.39. The number of anilines is 1. The highest BCUT2D eigenvalue weighted by Gasteiger charge is 2.54. The highest BCUT2D eigenvalue weighted by atomic mass is 16.5. The average molecular weight is 414 g/mol. The zero-order chi connectivity index (χ0) is 21.1. The zero-order valence-corrected chi connectivity index (χ0v) is 17.5. The molecule has 7 nitrogen and oxygen atoms in total. The lowest BCUT2D eigenvalue weighted by Crippen LogP contribution is -2.53. The summed E-state index contributed by atoms with van der Waals surface area (Å²) in [6, 6.07) is 7.18. The van der Waals surface area contributed by atoms with Crippen LogP contribution in [0.25, 0.3) is 0 Å². The number of methoxy groups -OCH3 is 1. The Morgan fingerprint density at radius 3 is 2.13 bits per heavy atom. The fourth-order valence-electron chi connectivity index (χ4n) is 6.03. The number of ether oxygens (including phenoxy) is 1. The van der Waals surface area contributed by atoms with Crippen LogP contribution >= 0.6 is 0 Å². The lowest BCUT2D eigenvalue weighted by Gasteiger charge is -2.55. The van der Waals surface area contributed by atoms with Crippen LogP contribution in [0.5, 0.6) is 0 Å². The van der Waals surface area contributed by atoms with E-state index < -0.39 is 6.09 Å². The fourth-order valence-corrected chi connectivity index (χ4v) is 6.03. The van der Waals surface area contributed by atoms with E-state index in [9.17, 15) is 14.4 Å². The van der Waals surface area contributed by atoms with Crippen molar-refractivity contribution in [2.24, 2.45) is 23.2 Å². The van der Waals surface area contributed by atoms with Crippen molar-refractivity contribution in [1.29, 1.82) is 0 Å². The summed E-state index contributed by atoms with van der Waals surface area (Å²) in [4.78, 5) is 36.3. The first kappa shape index (κ1) is 20.7. The number of carbonyl (C=O) groups is 3. The van der Waals surface area contributed by atoms with Gasteiger partial charge in [0.05, 0.1) is 7.11 Å². The van der Waals surface area contributed by atoms with Crippen molar-refractivity contribution >= 4 is 23.6 Å². The van der Waals surface area contributed by atoms with Crippen molar-refractivity contribution in [1.82, 2.24) is 10.6 Å². The Morgan fingerprint density at radius 1 is 0.967 bits per heavy atom. The molecule has 0 spiro atoms. The molecule has 4 aliphatic rings. The minimum Gasteiger partial charge on any atom is -0.453 e. The number of hydrogen-bond donors (Lipinski definition) is 3. The molecule has 0 atom stereocenters. The van der Waals surface area contributed by atoms with E-state index in [1.807, 2.05) is 12.1 Å². The summed E-state index contributed by atoms with van der Waals surface area (Å²) in [6.07, 6.45) is 6.82. The van der Waals surface area contributed by atoms with Gasteiger partial charge in [0.15, 0.2) is 0 Å². The fraction of sp³-hybridized carbons (Fsp3) is 0.609. The Balaban J connectivity index is 1.17. The SMILES string of the molecule is COC(=O)Nc1ccc(CNC(=O)CCNC(=O)C23CC4CC(CC(C4)C2)C3)cc1. The van der Waals surface area contributed by atoms with E-state index in [1.165, 1.54) is 26.4 Å². The Labute approximate surface area is 177 Å². The summed E-state index contributed by atoms with van der Waals surface area (Å²) in [5, 5.41) is 8.51. The minimum absolute atomic E-state index is 0.0856. The van der Waals surface area contributed by atoms with Gasteiger partial charge in [-0.3, -0.25) is 14.9 Å². The second kappa shape index (κ2) is 8.66. The Hall–Kier alpha value is -2.57. The molecule has 0 saturated heterocycles. The number of carbonyl (C=O) groups excluding carboxylic acids is 3. The van der Waals surface area contributed by atoms with E-state index >= 15 is 0 Å². The van der Waals surface area contributed by atoms with Gasteiger partial charge in [-0.1, -0.05) is 12.1 Å². The molecule has 4 saturated carbocycles. The molecule has 0 radical (unpaired) electrons. The second-order valence-corrected chi connectivity index (χ2v) is 9.29. The first-order valence-corrected chi connectivity index (χ1v) is 10.9. The molecule has 0 aromatic heterocycles. The van der Waals surface area contributed by atoms with Gasteiger partial charge in [-0.2, -0.15) is 0 Å². The Kier molecular flexibility index (Phi) is 5.97. The molecule has 162 valence electrons. The average Bonchev–Trinajstić information content (AvgIpc) is 2.72. The molecule has 4 bridgehead atoms. The number of benzene rings is 1. The predicted octanol–water partition coefficient (Wildman–Crippen LogP) is 3.20. The van der Waals surface area contributed by atoms with Gasteiger partial charge in [-0.15, -0.1) is 0 Å². The standard InChI is InChI=1S/C23H31N3O4/c1-30-22(29)26-19-4-2-15(3-5-19)14-25-20(27)6-7-24-21(28)23-11-16-8-17(12-23)10-18(9-16)13-23/h2-5,16-18H,6-14H2,1H3,(H,24,28)(H,25,27)(H,26,29). The summed E-state index contributed by atoms with van der Waals surface area (Å²) in [6.45, 7) is 0.786. The van der Waals surface area contributed by atoms with Gasteiger partial charge >= 0.3 is 6.09 Å². The lowest BCUT2D eigenvalue weighted by molar-refractivity contribution is -0.146. The van der Waals surface area contributed by atoms with E-state index in [2.05, 4.69) is 20.7 Å². The van der Waals surface area contributed by atoms with Crippen molar-refractivity contribution in [3.05, 3.63) is 29.8 Å². The molecule has 7 heteroatoms. The van der Waals surface area contributed by atoms with Crippen molar-refractivity contribution in [2.45, 2.75) is 51.5 Å². The molecule has 3 N–H and O–H groups in total. The molecular formula is C23H31N3O4. The van der Waals surface area contributed by atoms with E-state index in [0.29, 0.717) is 18.8 Å². The van der Waals surface area contributed by atoms with Gasteiger partial charge in [-0.25, -0.2) is 4.79 Å². The van der Waals surface area contributed by atoms with Crippen LogP contribution in [0.15, 0.2) is 24.3 Å². The van der Waals surface area contributed by atoms with Crippen molar-refractivity contribution < 1.29 is 19.1 Å².